The number of likely N-dealkylation sites (tertiary alicyclic amines) is 1. The van der Waals surface area contributed by atoms with Crippen molar-refractivity contribution in [1.82, 2.24) is 10.2 Å². The van der Waals surface area contributed by atoms with Gasteiger partial charge < -0.3 is 10.2 Å². The highest BCUT2D eigenvalue weighted by Crippen LogP contribution is 2.15. The molecule has 1 aromatic rings. The Morgan fingerprint density at radius 3 is 2.74 bits per heavy atom. The Labute approximate surface area is 119 Å². The molecule has 0 saturated carbocycles. The fraction of sp³-hybridized carbons (Fsp3) is 0.533. The Morgan fingerprint density at radius 2 is 2.16 bits per heavy atom. The summed E-state index contributed by atoms with van der Waals surface area (Å²) in [7, 11) is 2.13. The summed E-state index contributed by atoms with van der Waals surface area (Å²) in [5, 5.41) is 3.05. The second-order valence-corrected chi connectivity index (χ2v) is 6.13. The van der Waals surface area contributed by atoms with Gasteiger partial charge in [-0.1, -0.05) is 12.1 Å². The normalized spacial score (nSPS) is 19.6. The molecular formula is C15H22N2OS. The molecule has 1 aromatic carbocycles. The molecule has 1 aliphatic heterocycles. The number of hydrogen-bond donors (Lipinski definition) is 1. The second-order valence-electron chi connectivity index (χ2n) is 5.25. The summed E-state index contributed by atoms with van der Waals surface area (Å²) >= 11 is 1.72. The van der Waals surface area contributed by atoms with Gasteiger partial charge in [-0.2, -0.15) is 0 Å². The average molecular weight is 278 g/mol. The van der Waals surface area contributed by atoms with Crippen molar-refractivity contribution in [1.29, 1.82) is 0 Å². The number of hydrogen-bond acceptors (Lipinski definition) is 3. The number of benzene rings is 1. The molecule has 0 aromatic heterocycles. The lowest BCUT2D eigenvalue weighted by Crippen LogP contribution is -2.31. The molecular weight excluding hydrogens is 256 g/mol. The molecule has 104 valence electrons. The van der Waals surface area contributed by atoms with Crippen LogP contribution in [0, 0.1) is 5.92 Å². The van der Waals surface area contributed by atoms with Crippen molar-refractivity contribution < 1.29 is 4.79 Å². The van der Waals surface area contributed by atoms with E-state index in [2.05, 4.69) is 35.7 Å². The van der Waals surface area contributed by atoms with Gasteiger partial charge in [-0.25, -0.2) is 0 Å². The van der Waals surface area contributed by atoms with E-state index in [4.69, 9.17) is 0 Å². The van der Waals surface area contributed by atoms with Crippen LogP contribution in [0.5, 0.6) is 0 Å². The minimum Gasteiger partial charge on any atom is -0.355 e. The number of amides is 1. The number of thioether (sulfide) groups is 1. The fourth-order valence-electron chi connectivity index (χ4n) is 2.44. The molecule has 1 fully saturated rings. The number of carbonyl (C=O) groups is 1. The standard InChI is InChI=1S/C15H22N2OS/c1-17-8-7-13(11-17)10-16-15(18)9-12-3-5-14(19-2)6-4-12/h3-6,13H,7-11H2,1-2H3,(H,16,18). The molecule has 0 bridgehead atoms. The summed E-state index contributed by atoms with van der Waals surface area (Å²) < 4.78 is 0. The molecule has 1 heterocycles. The summed E-state index contributed by atoms with van der Waals surface area (Å²) in [6.45, 7) is 3.06. The van der Waals surface area contributed by atoms with Gasteiger partial charge >= 0.3 is 0 Å². The highest BCUT2D eigenvalue weighted by atomic mass is 32.2. The topological polar surface area (TPSA) is 32.3 Å². The van der Waals surface area contributed by atoms with Gasteiger partial charge in [0.1, 0.15) is 0 Å². The summed E-state index contributed by atoms with van der Waals surface area (Å²) in [6.07, 6.45) is 3.73. The Bertz CT molecular complexity index is 419. The van der Waals surface area contributed by atoms with Crippen LogP contribution in [0.2, 0.25) is 0 Å². The molecule has 0 radical (unpaired) electrons. The first-order chi connectivity index (χ1) is 9.17. The monoisotopic (exact) mass is 278 g/mol. The predicted molar refractivity (Wildman–Crippen MR) is 80.5 cm³/mol. The lowest BCUT2D eigenvalue weighted by Gasteiger charge is -2.11. The molecule has 1 amide bonds. The van der Waals surface area contributed by atoms with Gasteiger partial charge in [-0.3, -0.25) is 4.79 Å². The molecule has 1 aliphatic rings. The average Bonchev–Trinajstić information content (AvgIpc) is 2.83. The maximum atomic E-state index is 11.9. The van der Waals surface area contributed by atoms with E-state index in [0.717, 1.165) is 25.2 Å². The number of carbonyl (C=O) groups excluding carboxylic acids is 1. The van der Waals surface area contributed by atoms with E-state index in [-0.39, 0.29) is 5.91 Å². The van der Waals surface area contributed by atoms with Crippen LogP contribution in [-0.2, 0) is 11.2 Å². The first kappa shape index (κ1) is 14.4. The third-order valence-corrected chi connectivity index (χ3v) is 4.34. The third kappa shape index (κ3) is 4.55. The Morgan fingerprint density at radius 1 is 1.42 bits per heavy atom. The lowest BCUT2D eigenvalue weighted by atomic mass is 10.1. The summed E-state index contributed by atoms with van der Waals surface area (Å²) in [4.78, 5) is 15.4. The van der Waals surface area contributed by atoms with Crippen LogP contribution in [-0.4, -0.2) is 43.7 Å². The maximum Gasteiger partial charge on any atom is 0.224 e. The van der Waals surface area contributed by atoms with Crippen LogP contribution in [0.4, 0.5) is 0 Å². The summed E-state index contributed by atoms with van der Waals surface area (Å²) in [6, 6.07) is 8.21. The first-order valence-electron chi connectivity index (χ1n) is 6.75. The third-order valence-electron chi connectivity index (χ3n) is 3.60. The first-order valence-corrected chi connectivity index (χ1v) is 7.98. The largest absolute Gasteiger partial charge is 0.355 e. The van der Waals surface area contributed by atoms with Gasteiger partial charge in [0.05, 0.1) is 6.42 Å². The zero-order chi connectivity index (χ0) is 13.7. The fourth-order valence-corrected chi connectivity index (χ4v) is 2.85. The van der Waals surface area contributed by atoms with Crippen LogP contribution in [0.1, 0.15) is 12.0 Å². The van der Waals surface area contributed by atoms with Gasteiger partial charge in [0.25, 0.3) is 0 Å². The maximum absolute atomic E-state index is 11.9. The van der Waals surface area contributed by atoms with E-state index in [9.17, 15) is 4.79 Å². The van der Waals surface area contributed by atoms with Gasteiger partial charge in [-0.05, 0) is 49.9 Å². The van der Waals surface area contributed by atoms with Crippen molar-refractivity contribution in [2.24, 2.45) is 5.92 Å². The quantitative estimate of drug-likeness (QED) is 0.836. The molecule has 1 saturated heterocycles. The molecule has 0 spiro atoms. The highest BCUT2D eigenvalue weighted by Gasteiger charge is 2.19. The molecule has 3 nitrogen and oxygen atoms in total. The Kier molecular flexibility index (Phi) is 5.28. The lowest BCUT2D eigenvalue weighted by molar-refractivity contribution is -0.120. The van der Waals surface area contributed by atoms with Crippen molar-refractivity contribution in [3.05, 3.63) is 29.8 Å². The van der Waals surface area contributed by atoms with Crippen molar-refractivity contribution in [2.75, 3.05) is 32.9 Å². The molecule has 1 unspecified atom stereocenters. The molecule has 19 heavy (non-hydrogen) atoms. The van der Waals surface area contributed by atoms with E-state index in [1.165, 1.54) is 11.3 Å². The Hall–Kier alpha value is -1.00. The number of nitrogens with one attached hydrogen (secondary N) is 1. The number of nitrogens with zero attached hydrogens (tertiary/aromatic N) is 1. The predicted octanol–water partition coefficient (Wildman–Crippen LogP) is 2.02. The van der Waals surface area contributed by atoms with E-state index >= 15 is 0 Å². The van der Waals surface area contributed by atoms with Crippen molar-refractivity contribution in [3.8, 4) is 0 Å². The molecule has 1 N–H and O–H groups in total. The van der Waals surface area contributed by atoms with Crippen LogP contribution in [0.15, 0.2) is 29.2 Å². The molecule has 2 rings (SSSR count). The zero-order valence-corrected chi connectivity index (χ0v) is 12.5. The molecule has 0 aliphatic carbocycles. The van der Waals surface area contributed by atoms with E-state index in [1.54, 1.807) is 11.8 Å². The summed E-state index contributed by atoms with van der Waals surface area (Å²) in [5.74, 6) is 0.749. The van der Waals surface area contributed by atoms with Crippen molar-refractivity contribution in [3.63, 3.8) is 0 Å². The van der Waals surface area contributed by atoms with Crippen LogP contribution in [0.3, 0.4) is 0 Å². The van der Waals surface area contributed by atoms with Crippen LogP contribution in [0.25, 0.3) is 0 Å². The zero-order valence-electron chi connectivity index (χ0n) is 11.7. The van der Waals surface area contributed by atoms with Gasteiger partial charge in [0.2, 0.25) is 5.91 Å². The summed E-state index contributed by atoms with van der Waals surface area (Å²) in [5.41, 5.74) is 1.08. The van der Waals surface area contributed by atoms with E-state index in [1.807, 2.05) is 12.1 Å². The van der Waals surface area contributed by atoms with Gasteiger partial charge in [-0.15, -0.1) is 11.8 Å². The second kappa shape index (κ2) is 6.96. The van der Waals surface area contributed by atoms with Crippen LogP contribution < -0.4 is 5.32 Å². The van der Waals surface area contributed by atoms with E-state index < -0.39 is 0 Å². The minimum atomic E-state index is 0.131. The van der Waals surface area contributed by atoms with Crippen molar-refractivity contribution in [2.45, 2.75) is 17.7 Å². The smallest absolute Gasteiger partial charge is 0.224 e. The van der Waals surface area contributed by atoms with E-state index in [0.29, 0.717) is 12.3 Å². The number of rotatable bonds is 5. The molecule has 1 atom stereocenters. The van der Waals surface area contributed by atoms with Gasteiger partial charge in [0, 0.05) is 18.0 Å². The SMILES string of the molecule is CSc1ccc(CC(=O)NCC2CCN(C)C2)cc1. The minimum absolute atomic E-state index is 0.131. The van der Waals surface area contributed by atoms with Crippen LogP contribution >= 0.6 is 11.8 Å². The molecule has 4 heteroatoms. The Balaban J connectivity index is 1.74. The van der Waals surface area contributed by atoms with Crippen molar-refractivity contribution >= 4 is 17.7 Å². The van der Waals surface area contributed by atoms with Gasteiger partial charge in [0.15, 0.2) is 0 Å². The highest BCUT2D eigenvalue weighted by molar-refractivity contribution is 7.98.